The van der Waals surface area contributed by atoms with E-state index < -0.39 is 17.4 Å². The van der Waals surface area contributed by atoms with Gasteiger partial charge in [0.15, 0.2) is 0 Å². The van der Waals surface area contributed by atoms with Crippen molar-refractivity contribution in [3.05, 3.63) is 57.4 Å². The molecule has 0 amide bonds. The summed E-state index contributed by atoms with van der Waals surface area (Å²) in [5.74, 6) is -1.42. The number of fused-ring (bicyclic) bond motifs is 1. The molecule has 2 heterocycles. The van der Waals surface area contributed by atoms with Gasteiger partial charge in [-0.1, -0.05) is 30.3 Å². The molecule has 0 atom stereocenters. The number of nitrogens with zero attached hydrogens (tertiary/aromatic N) is 1. The number of carbonyl (C=O) groups excluding carboxylic acids is 1. The second kappa shape index (κ2) is 6.21. The Labute approximate surface area is 134 Å². The zero-order chi connectivity index (χ0) is 16.4. The van der Waals surface area contributed by atoms with E-state index in [2.05, 4.69) is 0 Å². The lowest BCUT2D eigenvalue weighted by Crippen LogP contribution is -2.28. The van der Waals surface area contributed by atoms with Crippen LogP contribution in [0.3, 0.4) is 0 Å². The topological polar surface area (TPSA) is 78.5 Å². The lowest BCUT2D eigenvalue weighted by atomic mass is 10.2. The van der Waals surface area contributed by atoms with Gasteiger partial charge in [-0.15, -0.1) is 11.3 Å². The predicted octanol–water partition coefficient (Wildman–Crippen LogP) is 2.25. The summed E-state index contributed by atoms with van der Waals surface area (Å²) < 4.78 is 10.7. The molecule has 0 aliphatic carbocycles. The smallest absolute Gasteiger partial charge is 0.423 e. The minimum absolute atomic E-state index is 0.215. The van der Waals surface area contributed by atoms with E-state index in [1.54, 1.807) is 13.0 Å². The van der Waals surface area contributed by atoms with Crippen molar-refractivity contribution in [3.63, 3.8) is 0 Å². The molecule has 118 valence electrons. The minimum atomic E-state index is -0.864. The molecule has 0 saturated carbocycles. The van der Waals surface area contributed by atoms with Crippen molar-refractivity contribution in [1.29, 1.82) is 0 Å². The zero-order valence-corrected chi connectivity index (χ0v) is 13.1. The van der Waals surface area contributed by atoms with Gasteiger partial charge < -0.3 is 9.15 Å². The maximum absolute atomic E-state index is 11.9. The summed E-state index contributed by atoms with van der Waals surface area (Å²) in [6, 6.07) is 11.1. The van der Waals surface area contributed by atoms with E-state index in [4.69, 9.17) is 9.15 Å². The fraction of sp³-hybridized carbons (Fsp3) is 0.188. The molecule has 6 nitrogen and oxygen atoms in total. The fourth-order valence-electron chi connectivity index (χ4n) is 2.22. The lowest BCUT2D eigenvalue weighted by molar-refractivity contribution is -0.143. The monoisotopic (exact) mass is 331 g/mol. The second-order valence-electron chi connectivity index (χ2n) is 4.74. The molecule has 0 bridgehead atoms. The van der Waals surface area contributed by atoms with Gasteiger partial charge in [-0.25, -0.2) is 9.59 Å². The average molecular weight is 331 g/mol. The van der Waals surface area contributed by atoms with Crippen LogP contribution in [0, 0.1) is 0 Å². The van der Waals surface area contributed by atoms with Crippen molar-refractivity contribution in [2.45, 2.75) is 13.5 Å². The number of esters is 1. The Morgan fingerprint density at radius 3 is 2.70 bits per heavy atom. The van der Waals surface area contributed by atoms with Crippen LogP contribution in [0.4, 0.5) is 0 Å². The molecule has 1 aromatic carbocycles. The molecule has 0 spiro atoms. The lowest BCUT2D eigenvalue weighted by Gasteiger charge is -2.04. The molecule has 3 aromatic rings. The zero-order valence-electron chi connectivity index (χ0n) is 12.3. The summed E-state index contributed by atoms with van der Waals surface area (Å²) in [4.78, 5) is 36.7. The molecule has 0 aliphatic rings. The number of thiophene rings is 1. The third-order valence-corrected chi connectivity index (χ3v) is 4.44. The highest BCUT2D eigenvalue weighted by Crippen LogP contribution is 2.31. The molecule has 0 radical (unpaired) electrons. The first-order valence-electron chi connectivity index (χ1n) is 6.98. The Kier molecular flexibility index (Phi) is 4.12. The van der Waals surface area contributed by atoms with Gasteiger partial charge in [0.2, 0.25) is 0 Å². The van der Waals surface area contributed by atoms with E-state index >= 15 is 0 Å². The number of hydrogen-bond donors (Lipinski definition) is 0. The van der Waals surface area contributed by atoms with Crippen molar-refractivity contribution < 1.29 is 13.9 Å². The van der Waals surface area contributed by atoms with Gasteiger partial charge in [0, 0.05) is 4.88 Å². The van der Waals surface area contributed by atoms with Crippen LogP contribution in [0.5, 0.6) is 0 Å². The van der Waals surface area contributed by atoms with Crippen LogP contribution in [0.1, 0.15) is 6.92 Å². The van der Waals surface area contributed by atoms with E-state index in [0.29, 0.717) is 4.83 Å². The Balaban J connectivity index is 2.17. The summed E-state index contributed by atoms with van der Waals surface area (Å²) in [5, 5.41) is 0.276. The summed E-state index contributed by atoms with van der Waals surface area (Å²) in [6.45, 7) is 1.61. The summed E-state index contributed by atoms with van der Waals surface area (Å²) in [5.41, 5.74) is 0.215. The maximum atomic E-state index is 11.9. The number of benzene rings is 1. The Morgan fingerprint density at radius 1 is 1.26 bits per heavy atom. The van der Waals surface area contributed by atoms with Gasteiger partial charge in [-0.3, -0.25) is 9.36 Å². The van der Waals surface area contributed by atoms with E-state index in [1.807, 2.05) is 30.3 Å². The van der Waals surface area contributed by atoms with Crippen LogP contribution in [0.2, 0.25) is 0 Å². The van der Waals surface area contributed by atoms with Gasteiger partial charge in [0.1, 0.15) is 11.4 Å². The summed E-state index contributed by atoms with van der Waals surface area (Å²) in [7, 11) is 0. The van der Waals surface area contributed by atoms with Crippen LogP contribution in [-0.4, -0.2) is 17.1 Å². The number of rotatable bonds is 4. The maximum Gasteiger partial charge on any atom is 0.423 e. The average Bonchev–Trinajstić information content (AvgIpc) is 2.98. The van der Waals surface area contributed by atoms with Gasteiger partial charge in [-0.05, 0) is 18.6 Å². The van der Waals surface area contributed by atoms with Crippen molar-refractivity contribution in [1.82, 2.24) is 4.57 Å². The molecule has 23 heavy (non-hydrogen) atoms. The van der Waals surface area contributed by atoms with E-state index in [-0.39, 0.29) is 18.5 Å². The van der Waals surface area contributed by atoms with Crippen LogP contribution >= 0.6 is 11.3 Å². The molecular formula is C16H13NO5S. The Morgan fingerprint density at radius 2 is 2.00 bits per heavy atom. The van der Waals surface area contributed by atoms with Crippen LogP contribution < -0.4 is 11.4 Å². The van der Waals surface area contributed by atoms with Gasteiger partial charge in [0.05, 0.1) is 12.0 Å². The number of hydrogen-bond acceptors (Lipinski definition) is 6. The highest BCUT2D eigenvalue weighted by atomic mass is 32.1. The molecular weight excluding hydrogens is 318 g/mol. The fourth-order valence-corrected chi connectivity index (χ4v) is 3.36. The Bertz CT molecular complexity index is 968. The molecule has 2 aromatic heterocycles. The van der Waals surface area contributed by atoms with Crippen LogP contribution in [0.25, 0.3) is 20.7 Å². The van der Waals surface area contributed by atoms with Gasteiger partial charge >= 0.3 is 17.4 Å². The van der Waals surface area contributed by atoms with Crippen molar-refractivity contribution in [2.24, 2.45) is 0 Å². The molecule has 0 fully saturated rings. The van der Waals surface area contributed by atoms with Crippen molar-refractivity contribution in [2.75, 3.05) is 6.61 Å². The second-order valence-corrected chi connectivity index (χ2v) is 5.77. The third kappa shape index (κ3) is 2.95. The normalized spacial score (nSPS) is 10.8. The number of aromatic nitrogens is 1. The van der Waals surface area contributed by atoms with Gasteiger partial charge in [0.25, 0.3) is 0 Å². The van der Waals surface area contributed by atoms with Crippen LogP contribution in [-0.2, 0) is 16.1 Å². The minimum Gasteiger partial charge on any atom is -0.465 e. The largest absolute Gasteiger partial charge is 0.465 e. The first-order valence-corrected chi connectivity index (χ1v) is 7.80. The van der Waals surface area contributed by atoms with E-state index in [9.17, 15) is 14.4 Å². The SMILES string of the molecule is CCOC(=O)Cn1c(=O)oc(=O)c2cc(-c3ccccc3)sc21. The quantitative estimate of drug-likeness (QED) is 0.685. The predicted molar refractivity (Wildman–Crippen MR) is 86.7 cm³/mol. The molecule has 3 rings (SSSR count). The highest BCUT2D eigenvalue weighted by Gasteiger charge is 2.17. The third-order valence-electron chi connectivity index (χ3n) is 3.23. The summed E-state index contributed by atoms with van der Waals surface area (Å²) in [6.07, 6.45) is 0. The van der Waals surface area contributed by atoms with Crippen LogP contribution in [0.15, 0.2) is 50.4 Å². The van der Waals surface area contributed by atoms with E-state index in [1.165, 1.54) is 11.3 Å². The highest BCUT2D eigenvalue weighted by molar-refractivity contribution is 7.21. The first-order chi connectivity index (χ1) is 11.1. The number of carbonyl (C=O) groups is 1. The van der Waals surface area contributed by atoms with E-state index in [0.717, 1.165) is 15.0 Å². The van der Waals surface area contributed by atoms with Crippen molar-refractivity contribution in [3.8, 4) is 10.4 Å². The van der Waals surface area contributed by atoms with Gasteiger partial charge in [-0.2, -0.15) is 0 Å². The number of ether oxygens (including phenoxy) is 1. The molecule has 0 N–H and O–H groups in total. The summed E-state index contributed by atoms with van der Waals surface area (Å²) >= 11 is 1.26. The molecule has 0 aliphatic heterocycles. The molecule has 7 heteroatoms. The molecule has 0 unspecified atom stereocenters. The first kappa shape index (κ1) is 15.2. The van der Waals surface area contributed by atoms with Crippen molar-refractivity contribution >= 4 is 27.5 Å². The Hall–Kier alpha value is -2.67. The standard InChI is InChI=1S/C16H13NO5S/c1-2-21-13(18)9-17-14-11(15(19)22-16(17)20)8-12(23-14)10-6-4-3-5-7-10/h3-8H,2,9H2,1H3. The molecule has 0 saturated heterocycles.